The highest BCUT2D eigenvalue weighted by molar-refractivity contribution is 5.92. The van der Waals surface area contributed by atoms with Crippen molar-refractivity contribution in [2.45, 2.75) is 19.4 Å². The predicted octanol–water partition coefficient (Wildman–Crippen LogP) is 0.728. The summed E-state index contributed by atoms with van der Waals surface area (Å²) in [5, 5.41) is 3.32. The largest absolute Gasteiger partial charge is 0.314 e. The van der Waals surface area contributed by atoms with Crippen molar-refractivity contribution in [3.8, 4) is 0 Å². The van der Waals surface area contributed by atoms with E-state index in [2.05, 4.69) is 22.1 Å². The second kappa shape index (κ2) is 6.63. The lowest BCUT2D eigenvalue weighted by Crippen LogP contribution is -2.48. The molecular formula is C14H22N4O. The van der Waals surface area contributed by atoms with Crippen molar-refractivity contribution < 1.29 is 4.79 Å². The van der Waals surface area contributed by atoms with Gasteiger partial charge in [0.2, 0.25) is 5.91 Å². The molecule has 5 nitrogen and oxygen atoms in total. The lowest BCUT2D eigenvalue weighted by Gasteiger charge is -2.33. The molecule has 0 saturated carbocycles. The standard InChI is InChI=1S/C14H22N4O/c1-12(18-9-7-15-8-10-18)11-14(19)17(2)13-5-3-4-6-16-13/h3-6,12,15H,7-11H2,1-2H3. The highest BCUT2D eigenvalue weighted by atomic mass is 16.2. The number of amides is 1. The van der Waals surface area contributed by atoms with Gasteiger partial charge in [-0.3, -0.25) is 14.6 Å². The topological polar surface area (TPSA) is 48.5 Å². The Balaban J connectivity index is 1.89. The van der Waals surface area contributed by atoms with Crippen LogP contribution in [0.25, 0.3) is 0 Å². The number of nitrogens with one attached hydrogen (secondary N) is 1. The van der Waals surface area contributed by atoms with Crippen molar-refractivity contribution in [1.29, 1.82) is 0 Å². The quantitative estimate of drug-likeness (QED) is 0.869. The highest BCUT2D eigenvalue weighted by Gasteiger charge is 2.21. The van der Waals surface area contributed by atoms with E-state index in [0.717, 1.165) is 26.2 Å². The molecule has 1 aliphatic heterocycles. The van der Waals surface area contributed by atoms with Crippen LogP contribution in [0.15, 0.2) is 24.4 Å². The van der Waals surface area contributed by atoms with Gasteiger partial charge in [0.25, 0.3) is 0 Å². The van der Waals surface area contributed by atoms with Gasteiger partial charge >= 0.3 is 0 Å². The molecule has 0 spiro atoms. The molecule has 0 aliphatic carbocycles. The summed E-state index contributed by atoms with van der Waals surface area (Å²) in [7, 11) is 1.79. The first-order chi connectivity index (χ1) is 9.18. The molecule has 0 aromatic carbocycles. The first-order valence-electron chi connectivity index (χ1n) is 6.81. The Labute approximate surface area is 114 Å². The molecule has 1 saturated heterocycles. The van der Waals surface area contributed by atoms with E-state index in [4.69, 9.17) is 0 Å². The molecule has 0 radical (unpaired) electrons. The summed E-state index contributed by atoms with van der Waals surface area (Å²) in [6, 6.07) is 5.88. The minimum atomic E-state index is 0.115. The minimum Gasteiger partial charge on any atom is -0.314 e. The van der Waals surface area contributed by atoms with Gasteiger partial charge < -0.3 is 5.32 Å². The second-order valence-corrected chi connectivity index (χ2v) is 4.98. The Kier molecular flexibility index (Phi) is 4.87. The number of nitrogens with zero attached hydrogens (tertiary/aromatic N) is 3. The number of anilines is 1. The van der Waals surface area contributed by atoms with Gasteiger partial charge in [-0.15, -0.1) is 0 Å². The molecule has 1 aliphatic rings. The van der Waals surface area contributed by atoms with Crippen molar-refractivity contribution in [1.82, 2.24) is 15.2 Å². The Morgan fingerprint density at radius 1 is 1.47 bits per heavy atom. The third-order valence-corrected chi connectivity index (χ3v) is 3.61. The van der Waals surface area contributed by atoms with Crippen LogP contribution in [0.2, 0.25) is 0 Å². The minimum absolute atomic E-state index is 0.115. The molecule has 1 amide bonds. The normalized spacial score (nSPS) is 18.0. The van der Waals surface area contributed by atoms with Crippen molar-refractivity contribution in [3.05, 3.63) is 24.4 Å². The van der Waals surface area contributed by atoms with Crippen molar-refractivity contribution >= 4 is 11.7 Å². The smallest absolute Gasteiger partial charge is 0.229 e. The summed E-state index contributed by atoms with van der Waals surface area (Å²) in [5.41, 5.74) is 0. The maximum Gasteiger partial charge on any atom is 0.229 e. The monoisotopic (exact) mass is 262 g/mol. The van der Waals surface area contributed by atoms with Crippen LogP contribution < -0.4 is 10.2 Å². The van der Waals surface area contributed by atoms with E-state index in [9.17, 15) is 4.79 Å². The lowest BCUT2D eigenvalue weighted by atomic mass is 10.1. The Hall–Kier alpha value is -1.46. The van der Waals surface area contributed by atoms with Gasteiger partial charge in [0.05, 0.1) is 0 Å². The molecule has 2 heterocycles. The van der Waals surface area contributed by atoms with Crippen LogP contribution in [0.1, 0.15) is 13.3 Å². The zero-order valence-electron chi connectivity index (χ0n) is 11.7. The predicted molar refractivity (Wildman–Crippen MR) is 76.2 cm³/mol. The van der Waals surface area contributed by atoms with Gasteiger partial charge in [-0.2, -0.15) is 0 Å². The molecule has 5 heteroatoms. The van der Waals surface area contributed by atoms with Gasteiger partial charge in [0, 0.05) is 51.9 Å². The van der Waals surface area contributed by atoms with E-state index in [-0.39, 0.29) is 11.9 Å². The van der Waals surface area contributed by atoms with E-state index in [1.54, 1.807) is 18.1 Å². The van der Waals surface area contributed by atoms with Crippen LogP contribution >= 0.6 is 0 Å². The number of carbonyl (C=O) groups is 1. The number of rotatable bonds is 4. The third-order valence-electron chi connectivity index (χ3n) is 3.61. The van der Waals surface area contributed by atoms with Crippen molar-refractivity contribution in [2.75, 3.05) is 38.1 Å². The van der Waals surface area contributed by atoms with Gasteiger partial charge in [-0.1, -0.05) is 6.07 Å². The molecular weight excluding hydrogens is 240 g/mol. The molecule has 2 rings (SSSR count). The SMILES string of the molecule is CC(CC(=O)N(C)c1ccccn1)N1CCNCC1. The fraction of sp³-hybridized carbons (Fsp3) is 0.571. The van der Waals surface area contributed by atoms with Gasteiger partial charge in [-0.25, -0.2) is 4.98 Å². The molecule has 19 heavy (non-hydrogen) atoms. The van der Waals surface area contributed by atoms with Crippen LogP contribution in [0.3, 0.4) is 0 Å². The maximum atomic E-state index is 12.2. The summed E-state index contributed by atoms with van der Waals surface area (Å²) < 4.78 is 0. The molecule has 0 bridgehead atoms. The molecule has 1 fully saturated rings. The van der Waals surface area contributed by atoms with Crippen LogP contribution in [0, 0.1) is 0 Å². The van der Waals surface area contributed by atoms with Gasteiger partial charge in [-0.05, 0) is 19.1 Å². The second-order valence-electron chi connectivity index (χ2n) is 4.98. The summed E-state index contributed by atoms with van der Waals surface area (Å²) in [4.78, 5) is 20.4. The fourth-order valence-corrected chi connectivity index (χ4v) is 2.32. The zero-order chi connectivity index (χ0) is 13.7. The number of aromatic nitrogens is 1. The van der Waals surface area contributed by atoms with E-state index in [0.29, 0.717) is 12.2 Å². The number of piperazine rings is 1. The lowest BCUT2D eigenvalue weighted by molar-refractivity contribution is -0.119. The molecule has 1 aromatic rings. The fourth-order valence-electron chi connectivity index (χ4n) is 2.32. The summed E-state index contributed by atoms with van der Waals surface area (Å²) in [5.74, 6) is 0.824. The first-order valence-corrected chi connectivity index (χ1v) is 6.81. The van der Waals surface area contributed by atoms with Crippen molar-refractivity contribution in [3.63, 3.8) is 0 Å². The molecule has 1 unspecified atom stereocenters. The summed E-state index contributed by atoms with van der Waals surface area (Å²) >= 11 is 0. The summed E-state index contributed by atoms with van der Waals surface area (Å²) in [6.07, 6.45) is 2.24. The number of hydrogen-bond donors (Lipinski definition) is 1. The zero-order valence-corrected chi connectivity index (χ0v) is 11.7. The van der Waals surface area contributed by atoms with E-state index in [1.807, 2.05) is 18.2 Å². The van der Waals surface area contributed by atoms with Crippen LogP contribution in [-0.4, -0.2) is 55.1 Å². The molecule has 1 aromatic heterocycles. The maximum absolute atomic E-state index is 12.2. The van der Waals surface area contributed by atoms with Gasteiger partial charge in [0.15, 0.2) is 0 Å². The first kappa shape index (κ1) is 14.0. The third kappa shape index (κ3) is 3.75. The Morgan fingerprint density at radius 3 is 2.84 bits per heavy atom. The van der Waals surface area contributed by atoms with Crippen LogP contribution in [0.4, 0.5) is 5.82 Å². The summed E-state index contributed by atoms with van der Waals surface area (Å²) in [6.45, 7) is 6.17. The van der Waals surface area contributed by atoms with E-state index < -0.39 is 0 Å². The molecule has 1 atom stereocenters. The van der Waals surface area contributed by atoms with E-state index >= 15 is 0 Å². The van der Waals surface area contributed by atoms with E-state index in [1.165, 1.54) is 0 Å². The average Bonchev–Trinajstić information content (AvgIpc) is 2.48. The average molecular weight is 262 g/mol. The number of pyridine rings is 1. The Morgan fingerprint density at radius 2 is 2.21 bits per heavy atom. The Bertz CT molecular complexity index is 403. The highest BCUT2D eigenvalue weighted by Crippen LogP contribution is 2.12. The van der Waals surface area contributed by atoms with Crippen LogP contribution in [0.5, 0.6) is 0 Å². The molecule has 1 N–H and O–H groups in total. The molecule has 104 valence electrons. The van der Waals surface area contributed by atoms with Crippen LogP contribution in [-0.2, 0) is 4.79 Å². The number of carbonyl (C=O) groups excluding carboxylic acids is 1. The van der Waals surface area contributed by atoms with Crippen molar-refractivity contribution in [2.24, 2.45) is 0 Å². The number of hydrogen-bond acceptors (Lipinski definition) is 4. The van der Waals surface area contributed by atoms with Gasteiger partial charge in [0.1, 0.15) is 5.82 Å².